The average Bonchev–Trinajstić information content (AvgIpc) is 2.18. The van der Waals surface area contributed by atoms with Gasteiger partial charge >= 0.3 is 0 Å². The van der Waals surface area contributed by atoms with Crippen LogP contribution in [0.1, 0.15) is 6.92 Å². The Kier molecular flexibility index (Phi) is 3.45. The van der Waals surface area contributed by atoms with Crippen molar-refractivity contribution in [3.63, 3.8) is 0 Å². The summed E-state index contributed by atoms with van der Waals surface area (Å²) in [7, 11) is -3.38. The predicted molar refractivity (Wildman–Crippen MR) is 52.1 cm³/mol. The highest BCUT2D eigenvalue weighted by molar-refractivity contribution is 7.89. The lowest BCUT2D eigenvalue weighted by atomic mass is 10.3. The van der Waals surface area contributed by atoms with E-state index < -0.39 is 10.0 Å². The molecule has 0 saturated carbocycles. The number of hydrogen-bond acceptors (Lipinski definition) is 4. The van der Waals surface area contributed by atoms with Crippen LogP contribution in [0.2, 0.25) is 0 Å². The first-order valence-corrected chi connectivity index (χ1v) is 5.55. The Morgan fingerprint density at radius 1 is 1.36 bits per heavy atom. The fourth-order valence-electron chi connectivity index (χ4n) is 0.971. The van der Waals surface area contributed by atoms with E-state index in [1.807, 2.05) is 0 Å². The lowest BCUT2D eigenvalue weighted by Gasteiger charge is -2.04. The smallest absolute Gasteiger partial charge is 0.240 e. The van der Waals surface area contributed by atoms with Gasteiger partial charge in [-0.1, -0.05) is 6.92 Å². The molecule has 0 spiro atoms. The van der Waals surface area contributed by atoms with Crippen LogP contribution in [-0.4, -0.2) is 15.0 Å². The second kappa shape index (κ2) is 4.41. The zero-order valence-electron chi connectivity index (χ0n) is 7.73. The molecule has 0 unspecified atom stereocenters. The molecule has 1 aromatic carbocycles. The van der Waals surface area contributed by atoms with Crippen molar-refractivity contribution in [1.82, 2.24) is 4.72 Å². The molecule has 3 N–H and O–H groups in total. The Labute approximate surface area is 82.9 Å². The van der Waals surface area contributed by atoms with E-state index in [2.05, 4.69) is 9.56 Å². The van der Waals surface area contributed by atoms with Gasteiger partial charge in [-0.2, -0.15) is 5.90 Å². The maximum absolute atomic E-state index is 11.4. The summed E-state index contributed by atoms with van der Waals surface area (Å²) in [6.07, 6.45) is 0. The van der Waals surface area contributed by atoms with E-state index in [-0.39, 0.29) is 4.90 Å². The summed E-state index contributed by atoms with van der Waals surface area (Å²) in [4.78, 5) is 4.62. The van der Waals surface area contributed by atoms with Crippen LogP contribution in [0.3, 0.4) is 0 Å². The average molecular weight is 216 g/mol. The van der Waals surface area contributed by atoms with Crippen LogP contribution in [0.25, 0.3) is 0 Å². The summed E-state index contributed by atoms with van der Waals surface area (Å²) >= 11 is 0. The van der Waals surface area contributed by atoms with Crippen LogP contribution in [0.15, 0.2) is 29.2 Å². The molecule has 6 heteroatoms. The first-order chi connectivity index (χ1) is 6.60. The van der Waals surface area contributed by atoms with E-state index in [4.69, 9.17) is 5.90 Å². The van der Waals surface area contributed by atoms with Crippen LogP contribution in [0.5, 0.6) is 5.75 Å². The fourth-order valence-corrected chi connectivity index (χ4v) is 2.01. The van der Waals surface area contributed by atoms with Crippen molar-refractivity contribution in [3.8, 4) is 5.75 Å². The molecule has 0 heterocycles. The van der Waals surface area contributed by atoms with Gasteiger partial charge in [0, 0.05) is 6.54 Å². The van der Waals surface area contributed by atoms with Crippen LogP contribution in [0, 0.1) is 0 Å². The largest absolute Gasteiger partial charge is 0.412 e. The van der Waals surface area contributed by atoms with Crippen LogP contribution < -0.4 is 15.5 Å². The summed E-state index contributed by atoms with van der Waals surface area (Å²) < 4.78 is 25.3. The Bertz CT molecular complexity index is 386. The standard InChI is InChI=1S/C8H12N2O3S/c1-2-10-14(11,12)8-5-3-7(13-9)4-6-8/h3-6,10H,2,9H2,1H3. The van der Waals surface area contributed by atoms with Gasteiger partial charge in [0.1, 0.15) is 5.75 Å². The maximum Gasteiger partial charge on any atom is 0.240 e. The van der Waals surface area contributed by atoms with Gasteiger partial charge in [-0.05, 0) is 24.3 Å². The maximum atomic E-state index is 11.4. The third kappa shape index (κ3) is 2.44. The lowest BCUT2D eigenvalue weighted by molar-refractivity contribution is 0.334. The van der Waals surface area contributed by atoms with Gasteiger partial charge in [-0.3, -0.25) is 0 Å². The molecule has 14 heavy (non-hydrogen) atoms. The Hall–Kier alpha value is -1.11. The molecule has 0 atom stereocenters. The molecule has 0 aliphatic carbocycles. The minimum Gasteiger partial charge on any atom is -0.412 e. The Balaban J connectivity index is 2.97. The van der Waals surface area contributed by atoms with Crippen molar-refractivity contribution in [2.75, 3.05) is 6.54 Å². The summed E-state index contributed by atoms with van der Waals surface area (Å²) in [6.45, 7) is 2.08. The van der Waals surface area contributed by atoms with E-state index in [0.29, 0.717) is 12.3 Å². The van der Waals surface area contributed by atoms with Gasteiger partial charge in [0.05, 0.1) is 4.90 Å². The third-order valence-electron chi connectivity index (χ3n) is 1.60. The molecule has 0 aromatic heterocycles. The minimum absolute atomic E-state index is 0.195. The number of nitrogens with one attached hydrogen (secondary N) is 1. The van der Waals surface area contributed by atoms with Gasteiger partial charge in [0.2, 0.25) is 10.0 Å². The molecule has 1 rings (SSSR count). The first kappa shape index (κ1) is 11.0. The van der Waals surface area contributed by atoms with E-state index >= 15 is 0 Å². The summed E-state index contributed by atoms with van der Waals surface area (Å²) in [5, 5.41) is 0. The molecule has 0 amide bonds. The van der Waals surface area contributed by atoms with Crippen molar-refractivity contribution < 1.29 is 13.3 Å². The lowest BCUT2D eigenvalue weighted by Crippen LogP contribution is -2.23. The third-order valence-corrected chi connectivity index (χ3v) is 3.17. The molecule has 0 fully saturated rings. The molecular weight excluding hydrogens is 204 g/mol. The normalized spacial score (nSPS) is 11.3. The molecule has 0 saturated heterocycles. The molecule has 5 nitrogen and oxygen atoms in total. The highest BCUT2D eigenvalue weighted by Crippen LogP contribution is 2.14. The minimum atomic E-state index is -3.38. The van der Waals surface area contributed by atoms with Crippen molar-refractivity contribution in [2.45, 2.75) is 11.8 Å². The first-order valence-electron chi connectivity index (χ1n) is 4.06. The number of nitrogens with two attached hydrogens (primary N) is 1. The van der Waals surface area contributed by atoms with Crippen molar-refractivity contribution in [3.05, 3.63) is 24.3 Å². The quantitative estimate of drug-likeness (QED) is 0.706. The van der Waals surface area contributed by atoms with Crippen LogP contribution >= 0.6 is 0 Å². The van der Waals surface area contributed by atoms with Gasteiger partial charge in [0.25, 0.3) is 0 Å². The van der Waals surface area contributed by atoms with E-state index in [9.17, 15) is 8.42 Å². The number of rotatable bonds is 4. The fraction of sp³-hybridized carbons (Fsp3) is 0.250. The SMILES string of the molecule is CCNS(=O)(=O)c1ccc(ON)cc1. The second-order valence-corrected chi connectivity index (χ2v) is 4.36. The topological polar surface area (TPSA) is 81.4 Å². The zero-order valence-corrected chi connectivity index (χ0v) is 8.54. The van der Waals surface area contributed by atoms with Crippen molar-refractivity contribution in [1.29, 1.82) is 0 Å². The molecular formula is C8H12N2O3S. The molecule has 78 valence electrons. The van der Waals surface area contributed by atoms with Crippen molar-refractivity contribution in [2.24, 2.45) is 5.90 Å². The molecule has 1 aromatic rings. The van der Waals surface area contributed by atoms with Gasteiger partial charge < -0.3 is 4.84 Å². The number of benzene rings is 1. The monoisotopic (exact) mass is 216 g/mol. The highest BCUT2D eigenvalue weighted by Gasteiger charge is 2.11. The second-order valence-electron chi connectivity index (χ2n) is 2.59. The summed E-state index contributed by atoms with van der Waals surface area (Å²) in [5.41, 5.74) is 0. The Morgan fingerprint density at radius 2 is 1.93 bits per heavy atom. The number of sulfonamides is 1. The van der Waals surface area contributed by atoms with E-state index in [1.165, 1.54) is 24.3 Å². The van der Waals surface area contributed by atoms with E-state index in [0.717, 1.165) is 0 Å². The predicted octanol–water partition coefficient (Wildman–Crippen LogP) is 0.237. The van der Waals surface area contributed by atoms with Gasteiger partial charge in [0.15, 0.2) is 0 Å². The summed E-state index contributed by atoms with van der Waals surface area (Å²) in [6, 6.07) is 5.84. The summed E-state index contributed by atoms with van der Waals surface area (Å²) in [5.74, 6) is 5.32. The highest BCUT2D eigenvalue weighted by atomic mass is 32.2. The van der Waals surface area contributed by atoms with Crippen LogP contribution in [0.4, 0.5) is 0 Å². The molecule has 0 aliphatic heterocycles. The van der Waals surface area contributed by atoms with Crippen LogP contribution in [-0.2, 0) is 10.0 Å². The Morgan fingerprint density at radius 3 is 2.36 bits per heavy atom. The van der Waals surface area contributed by atoms with Gasteiger partial charge in [-0.15, -0.1) is 0 Å². The molecule has 0 bridgehead atoms. The van der Waals surface area contributed by atoms with Crippen molar-refractivity contribution >= 4 is 10.0 Å². The molecule has 0 aliphatic rings. The zero-order chi connectivity index (χ0) is 10.6. The van der Waals surface area contributed by atoms with E-state index in [1.54, 1.807) is 6.92 Å². The number of hydrogen-bond donors (Lipinski definition) is 2. The van der Waals surface area contributed by atoms with Gasteiger partial charge in [-0.25, -0.2) is 13.1 Å². The molecule has 0 radical (unpaired) electrons.